The first-order valence-corrected chi connectivity index (χ1v) is 6.72. The van der Waals surface area contributed by atoms with Crippen molar-refractivity contribution in [2.75, 3.05) is 13.2 Å². The zero-order valence-electron chi connectivity index (χ0n) is 10.2. The molecule has 0 bridgehead atoms. The molecule has 1 rings (SSSR count). The molecule has 0 saturated heterocycles. The summed E-state index contributed by atoms with van der Waals surface area (Å²) in [6.45, 7) is 4.56. The molecule has 0 aliphatic carbocycles. The van der Waals surface area contributed by atoms with E-state index in [-0.39, 0.29) is 6.61 Å². The van der Waals surface area contributed by atoms with E-state index in [4.69, 9.17) is 39.5 Å². The van der Waals surface area contributed by atoms with Gasteiger partial charge in [0.1, 0.15) is 12.7 Å². The second kappa shape index (κ2) is 7.41. The summed E-state index contributed by atoms with van der Waals surface area (Å²) in [6.07, 6.45) is -0.629. The number of nitrogens with one attached hydrogen (secondary N) is 1. The Morgan fingerprint density at radius 1 is 1.22 bits per heavy atom. The first-order chi connectivity index (χ1) is 8.40. The van der Waals surface area contributed by atoms with E-state index in [0.717, 1.165) is 0 Å². The number of hydrogen-bond acceptors (Lipinski definition) is 3. The van der Waals surface area contributed by atoms with Crippen LogP contribution in [0.5, 0.6) is 5.75 Å². The lowest BCUT2D eigenvalue weighted by molar-refractivity contribution is 0.105. The zero-order chi connectivity index (χ0) is 13.7. The van der Waals surface area contributed by atoms with Crippen LogP contribution in [0.15, 0.2) is 12.1 Å². The lowest BCUT2D eigenvalue weighted by Gasteiger charge is -2.16. The highest BCUT2D eigenvalue weighted by molar-refractivity contribution is 6.40. The number of ether oxygens (including phenoxy) is 1. The van der Waals surface area contributed by atoms with Crippen molar-refractivity contribution < 1.29 is 9.84 Å². The maximum Gasteiger partial charge on any atom is 0.156 e. The SMILES string of the molecule is CC(C)NCC(O)COc1c(Cl)cc(Cl)cc1Cl. The molecule has 0 aliphatic rings. The summed E-state index contributed by atoms with van der Waals surface area (Å²) in [7, 11) is 0. The number of rotatable bonds is 6. The van der Waals surface area contributed by atoms with Crippen molar-refractivity contribution in [3.63, 3.8) is 0 Å². The standard InChI is InChI=1S/C12H16Cl3NO2/c1-7(2)16-5-9(17)6-18-12-10(14)3-8(13)4-11(12)15/h3-4,7,9,16-17H,5-6H2,1-2H3. The minimum absolute atomic E-state index is 0.112. The van der Waals surface area contributed by atoms with Crippen molar-refractivity contribution in [2.24, 2.45) is 0 Å². The Labute approximate surface area is 122 Å². The van der Waals surface area contributed by atoms with Gasteiger partial charge in [-0.15, -0.1) is 0 Å². The molecular weight excluding hydrogens is 296 g/mol. The third-order valence-electron chi connectivity index (χ3n) is 2.14. The van der Waals surface area contributed by atoms with Crippen LogP contribution in [0.4, 0.5) is 0 Å². The van der Waals surface area contributed by atoms with Crippen LogP contribution in [0.2, 0.25) is 15.1 Å². The average molecular weight is 313 g/mol. The molecule has 0 aliphatic heterocycles. The minimum Gasteiger partial charge on any atom is -0.488 e. The quantitative estimate of drug-likeness (QED) is 0.846. The summed E-state index contributed by atoms with van der Waals surface area (Å²) in [5, 5.41) is 13.9. The first kappa shape index (κ1) is 15.9. The molecule has 0 saturated carbocycles. The Morgan fingerprint density at radius 3 is 2.28 bits per heavy atom. The maximum atomic E-state index is 9.70. The van der Waals surface area contributed by atoms with E-state index in [0.29, 0.717) is 33.4 Å². The van der Waals surface area contributed by atoms with Crippen LogP contribution in [-0.4, -0.2) is 30.4 Å². The van der Waals surface area contributed by atoms with Gasteiger partial charge in [-0.3, -0.25) is 0 Å². The van der Waals surface area contributed by atoms with Crippen molar-refractivity contribution in [3.8, 4) is 5.75 Å². The molecule has 0 spiro atoms. The lowest BCUT2D eigenvalue weighted by Crippen LogP contribution is -2.35. The molecule has 0 aromatic heterocycles. The fourth-order valence-corrected chi connectivity index (χ4v) is 2.20. The van der Waals surface area contributed by atoms with Gasteiger partial charge in [0.25, 0.3) is 0 Å². The lowest BCUT2D eigenvalue weighted by atomic mass is 10.3. The largest absolute Gasteiger partial charge is 0.488 e. The van der Waals surface area contributed by atoms with Gasteiger partial charge in [-0.05, 0) is 12.1 Å². The van der Waals surface area contributed by atoms with E-state index in [1.165, 1.54) is 0 Å². The van der Waals surface area contributed by atoms with Crippen molar-refractivity contribution in [1.82, 2.24) is 5.32 Å². The van der Waals surface area contributed by atoms with Crippen LogP contribution in [0, 0.1) is 0 Å². The molecule has 3 nitrogen and oxygen atoms in total. The Kier molecular flexibility index (Phi) is 6.53. The van der Waals surface area contributed by atoms with Crippen LogP contribution < -0.4 is 10.1 Å². The summed E-state index contributed by atoms with van der Waals surface area (Å²) in [5.74, 6) is 0.339. The summed E-state index contributed by atoms with van der Waals surface area (Å²) in [6, 6.07) is 3.40. The van der Waals surface area contributed by atoms with E-state index in [1.807, 2.05) is 13.8 Å². The maximum absolute atomic E-state index is 9.70. The van der Waals surface area contributed by atoms with Crippen molar-refractivity contribution in [2.45, 2.75) is 26.0 Å². The number of hydrogen-bond donors (Lipinski definition) is 2. The second-order valence-corrected chi connectivity index (χ2v) is 5.48. The number of aliphatic hydroxyl groups excluding tert-OH is 1. The van der Waals surface area contributed by atoms with E-state index in [1.54, 1.807) is 12.1 Å². The van der Waals surface area contributed by atoms with Gasteiger partial charge in [-0.2, -0.15) is 0 Å². The smallest absolute Gasteiger partial charge is 0.156 e. The molecule has 1 aromatic rings. The molecule has 1 unspecified atom stereocenters. The Balaban J connectivity index is 2.53. The third kappa shape index (κ3) is 5.21. The van der Waals surface area contributed by atoms with Gasteiger partial charge in [0.2, 0.25) is 0 Å². The molecule has 102 valence electrons. The van der Waals surface area contributed by atoms with Gasteiger partial charge in [0.15, 0.2) is 5.75 Å². The van der Waals surface area contributed by atoms with Crippen LogP contribution >= 0.6 is 34.8 Å². The Bertz CT molecular complexity index is 376. The molecule has 2 N–H and O–H groups in total. The summed E-state index contributed by atoms with van der Waals surface area (Å²) < 4.78 is 5.40. The molecule has 0 heterocycles. The summed E-state index contributed by atoms with van der Waals surface area (Å²) in [4.78, 5) is 0. The number of benzene rings is 1. The predicted molar refractivity (Wildman–Crippen MR) is 76.1 cm³/mol. The van der Waals surface area contributed by atoms with E-state index in [9.17, 15) is 5.11 Å². The van der Waals surface area contributed by atoms with Gasteiger partial charge in [0.05, 0.1) is 10.0 Å². The summed E-state index contributed by atoms with van der Waals surface area (Å²) in [5.41, 5.74) is 0. The first-order valence-electron chi connectivity index (χ1n) is 5.59. The highest BCUT2D eigenvalue weighted by atomic mass is 35.5. The van der Waals surface area contributed by atoms with Gasteiger partial charge in [-0.1, -0.05) is 48.7 Å². The highest BCUT2D eigenvalue weighted by Gasteiger charge is 2.12. The van der Waals surface area contributed by atoms with Crippen LogP contribution in [-0.2, 0) is 0 Å². The normalized spacial score (nSPS) is 12.8. The highest BCUT2D eigenvalue weighted by Crippen LogP contribution is 2.35. The van der Waals surface area contributed by atoms with Crippen molar-refractivity contribution in [3.05, 3.63) is 27.2 Å². The summed E-state index contributed by atoms with van der Waals surface area (Å²) >= 11 is 17.7. The minimum atomic E-state index is -0.629. The van der Waals surface area contributed by atoms with E-state index in [2.05, 4.69) is 5.32 Å². The van der Waals surface area contributed by atoms with Gasteiger partial charge >= 0.3 is 0 Å². The van der Waals surface area contributed by atoms with Crippen LogP contribution in [0.25, 0.3) is 0 Å². The predicted octanol–water partition coefficient (Wildman–Crippen LogP) is 3.38. The van der Waals surface area contributed by atoms with Crippen LogP contribution in [0.3, 0.4) is 0 Å². The van der Waals surface area contributed by atoms with E-state index >= 15 is 0 Å². The Hall–Kier alpha value is -0.190. The monoisotopic (exact) mass is 311 g/mol. The van der Waals surface area contributed by atoms with Gasteiger partial charge in [0, 0.05) is 17.6 Å². The molecule has 0 fully saturated rings. The molecule has 1 atom stereocenters. The van der Waals surface area contributed by atoms with Gasteiger partial charge < -0.3 is 15.2 Å². The van der Waals surface area contributed by atoms with Crippen molar-refractivity contribution >= 4 is 34.8 Å². The van der Waals surface area contributed by atoms with Gasteiger partial charge in [-0.25, -0.2) is 0 Å². The molecule has 0 amide bonds. The average Bonchev–Trinajstić information content (AvgIpc) is 2.24. The molecule has 6 heteroatoms. The molecular formula is C12H16Cl3NO2. The zero-order valence-corrected chi connectivity index (χ0v) is 12.5. The third-order valence-corrected chi connectivity index (χ3v) is 2.92. The number of aliphatic hydroxyl groups is 1. The fraction of sp³-hybridized carbons (Fsp3) is 0.500. The topological polar surface area (TPSA) is 41.5 Å². The molecule has 0 radical (unpaired) electrons. The molecule has 1 aromatic carbocycles. The Morgan fingerprint density at radius 2 is 1.78 bits per heavy atom. The fourth-order valence-electron chi connectivity index (χ4n) is 1.28. The molecule has 18 heavy (non-hydrogen) atoms. The van der Waals surface area contributed by atoms with Crippen LogP contribution in [0.1, 0.15) is 13.8 Å². The van der Waals surface area contributed by atoms with Crippen molar-refractivity contribution in [1.29, 1.82) is 0 Å². The second-order valence-electron chi connectivity index (χ2n) is 4.23. The number of halogens is 3. The van der Waals surface area contributed by atoms with E-state index < -0.39 is 6.10 Å².